The molecular formula is C14H21N3O2. The van der Waals surface area contributed by atoms with Gasteiger partial charge >= 0.3 is 0 Å². The van der Waals surface area contributed by atoms with E-state index in [4.69, 9.17) is 10.5 Å². The van der Waals surface area contributed by atoms with Gasteiger partial charge in [-0.2, -0.15) is 0 Å². The second kappa shape index (κ2) is 8.16. The third kappa shape index (κ3) is 5.01. The van der Waals surface area contributed by atoms with Gasteiger partial charge in [0.25, 0.3) is 5.91 Å². The Morgan fingerprint density at radius 1 is 1.47 bits per heavy atom. The lowest BCUT2D eigenvalue weighted by atomic mass is 10.1. The highest BCUT2D eigenvalue weighted by atomic mass is 16.5. The zero-order valence-corrected chi connectivity index (χ0v) is 11.2. The van der Waals surface area contributed by atoms with Gasteiger partial charge in [0.1, 0.15) is 0 Å². The number of hydrogen-bond donors (Lipinski definition) is 3. The molecule has 1 aromatic carbocycles. The molecule has 0 saturated carbocycles. The van der Waals surface area contributed by atoms with E-state index in [0.29, 0.717) is 31.0 Å². The first-order valence-electron chi connectivity index (χ1n) is 6.23. The molecule has 104 valence electrons. The van der Waals surface area contributed by atoms with Crippen molar-refractivity contribution >= 4 is 17.3 Å². The van der Waals surface area contributed by atoms with Gasteiger partial charge in [-0.1, -0.05) is 6.08 Å². The van der Waals surface area contributed by atoms with Crippen LogP contribution in [0.4, 0.5) is 11.4 Å². The number of amides is 1. The lowest BCUT2D eigenvalue weighted by molar-refractivity contribution is 0.0963. The van der Waals surface area contributed by atoms with Crippen molar-refractivity contribution in [1.82, 2.24) is 5.32 Å². The highest BCUT2D eigenvalue weighted by molar-refractivity contribution is 5.95. The molecule has 0 aliphatic heterocycles. The van der Waals surface area contributed by atoms with Gasteiger partial charge in [-0.05, 0) is 24.6 Å². The monoisotopic (exact) mass is 263 g/mol. The van der Waals surface area contributed by atoms with Crippen LogP contribution in [0, 0.1) is 0 Å². The topological polar surface area (TPSA) is 76.4 Å². The zero-order valence-electron chi connectivity index (χ0n) is 11.2. The lowest BCUT2D eigenvalue weighted by Crippen LogP contribution is -2.18. The van der Waals surface area contributed by atoms with E-state index in [0.717, 1.165) is 12.1 Å². The van der Waals surface area contributed by atoms with Crippen LogP contribution in [0.5, 0.6) is 0 Å². The highest BCUT2D eigenvalue weighted by Gasteiger charge is 2.05. The number of carbonyl (C=O) groups excluding carboxylic acids is 1. The molecule has 0 fully saturated rings. The number of nitrogens with two attached hydrogens (primary N) is 1. The zero-order chi connectivity index (χ0) is 14.1. The van der Waals surface area contributed by atoms with E-state index in [1.807, 2.05) is 6.08 Å². The summed E-state index contributed by atoms with van der Waals surface area (Å²) < 4.78 is 5.38. The second-order valence-electron chi connectivity index (χ2n) is 4.00. The third-order valence-electron chi connectivity index (χ3n) is 2.57. The van der Waals surface area contributed by atoms with Crippen LogP contribution >= 0.6 is 0 Å². The minimum Gasteiger partial charge on any atom is -0.397 e. The number of nitrogens with one attached hydrogen (secondary N) is 2. The molecule has 5 nitrogen and oxygen atoms in total. The Hall–Kier alpha value is -2.01. The van der Waals surface area contributed by atoms with Crippen molar-refractivity contribution in [2.24, 2.45) is 0 Å². The lowest BCUT2D eigenvalue weighted by Gasteiger charge is -2.10. The third-order valence-corrected chi connectivity index (χ3v) is 2.57. The van der Waals surface area contributed by atoms with Crippen molar-refractivity contribution in [2.75, 3.05) is 37.9 Å². The maximum absolute atomic E-state index is 11.4. The summed E-state index contributed by atoms with van der Waals surface area (Å²) in [5.74, 6) is -0.147. The average Bonchev–Trinajstić information content (AvgIpc) is 2.43. The SMILES string of the molecule is C=CCCOCCNc1ccc(C(=O)NC)cc1N. The molecule has 0 unspecified atom stereocenters. The van der Waals surface area contributed by atoms with Crippen molar-refractivity contribution in [3.63, 3.8) is 0 Å². The quantitative estimate of drug-likeness (QED) is 0.378. The molecule has 0 atom stereocenters. The number of benzene rings is 1. The van der Waals surface area contributed by atoms with Gasteiger partial charge in [-0.3, -0.25) is 4.79 Å². The minimum atomic E-state index is -0.147. The van der Waals surface area contributed by atoms with Crippen molar-refractivity contribution < 1.29 is 9.53 Å². The molecule has 0 bridgehead atoms. The van der Waals surface area contributed by atoms with Gasteiger partial charge < -0.3 is 21.1 Å². The molecule has 19 heavy (non-hydrogen) atoms. The first-order valence-corrected chi connectivity index (χ1v) is 6.23. The van der Waals surface area contributed by atoms with Gasteiger partial charge in [0, 0.05) is 19.2 Å². The van der Waals surface area contributed by atoms with Crippen LogP contribution in [0.25, 0.3) is 0 Å². The molecule has 5 heteroatoms. The molecule has 1 amide bonds. The van der Waals surface area contributed by atoms with Crippen molar-refractivity contribution in [3.8, 4) is 0 Å². The highest BCUT2D eigenvalue weighted by Crippen LogP contribution is 2.19. The summed E-state index contributed by atoms with van der Waals surface area (Å²) in [5.41, 5.74) is 7.78. The molecule has 0 spiro atoms. The fraction of sp³-hybridized carbons (Fsp3) is 0.357. The first-order chi connectivity index (χ1) is 9.19. The number of nitrogen functional groups attached to an aromatic ring is 1. The summed E-state index contributed by atoms with van der Waals surface area (Å²) >= 11 is 0. The van der Waals surface area contributed by atoms with E-state index in [-0.39, 0.29) is 5.91 Å². The van der Waals surface area contributed by atoms with Crippen LogP contribution < -0.4 is 16.4 Å². The van der Waals surface area contributed by atoms with E-state index in [9.17, 15) is 4.79 Å². The molecule has 0 heterocycles. The van der Waals surface area contributed by atoms with E-state index in [1.165, 1.54) is 0 Å². The second-order valence-corrected chi connectivity index (χ2v) is 4.00. The van der Waals surface area contributed by atoms with Crippen LogP contribution in [0.2, 0.25) is 0 Å². The number of rotatable bonds is 8. The average molecular weight is 263 g/mol. The molecule has 0 aliphatic rings. The van der Waals surface area contributed by atoms with Gasteiger partial charge in [-0.25, -0.2) is 0 Å². The minimum absolute atomic E-state index is 0.147. The molecule has 0 saturated heterocycles. The smallest absolute Gasteiger partial charge is 0.251 e. The summed E-state index contributed by atoms with van der Waals surface area (Å²) in [5, 5.41) is 5.72. The van der Waals surface area contributed by atoms with Gasteiger partial charge in [0.2, 0.25) is 0 Å². The predicted octanol–water partition coefficient (Wildman–Crippen LogP) is 1.63. The Bertz CT molecular complexity index is 433. The Labute approximate surface area is 113 Å². The van der Waals surface area contributed by atoms with E-state index < -0.39 is 0 Å². The molecule has 4 N–H and O–H groups in total. The van der Waals surface area contributed by atoms with E-state index >= 15 is 0 Å². The molecule has 1 aromatic rings. The standard InChI is InChI=1S/C14H21N3O2/c1-3-4-8-19-9-7-17-13-6-5-11(10-12(13)15)14(18)16-2/h3,5-6,10,17H,1,4,7-9,15H2,2H3,(H,16,18). The molecular weight excluding hydrogens is 242 g/mol. The molecule has 1 rings (SSSR count). The number of hydrogen-bond acceptors (Lipinski definition) is 4. The largest absolute Gasteiger partial charge is 0.397 e. The van der Waals surface area contributed by atoms with Crippen LogP contribution in [0.15, 0.2) is 30.9 Å². The van der Waals surface area contributed by atoms with Crippen LogP contribution in [-0.2, 0) is 4.74 Å². The van der Waals surface area contributed by atoms with Crippen molar-refractivity contribution in [2.45, 2.75) is 6.42 Å². The first kappa shape index (κ1) is 15.0. The van der Waals surface area contributed by atoms with Crippen LogP contribution in [0.1, 0.15) is 16.8 Å². The summed E-state index contributed by atoms with van der Waals surface area (Å²) in [6.45, 7) is 5.57. The summed E-state index contributed by atoms with van der Waals surface area (Å²) in [7, 11) is 1.59. The maximum atomic E-state index is 11.4. The van der Waals surface area contributed by atoms with Gasteiger partial charge in [-0.15, -0.1) is 6.58 Å². The summed E-state index contributed by atoms with van der Waals surface area (Å²) in [4.78, 5) is 11.4. The molecule has 0 aliphatic carbocycles. The number of carbonyl (C=O) groups is 1. The normalized spacial score (nSPS) is 9.95. The Morgan fingerprint density at radius 3 is 2.89 bits per heavy atom. The van der Waals surface area contributed by atoms with Crippen molar-refractivity contribution in [1.29, 1.82) is 0 Å². The fourth-order valence-electron chi connectivity index (χ4n) is 1.54. The fourth-order valence-corrected chi connectivity index (χ4v) is 1.54. The van der Waals surface area contributed by atoms with E-state index in [1.54, 1.807) is 25.2 Å². The summed E-state index contributed by atoms with van der Waals surface area (Å²) in [6, 6.07) is 5.18. The maximum Gasteiger partial charge on any atom is 0.251 e. The number of anilines is 2. The molecule has 0 aromatic heterocycles. The Balaban J connectivity index is 2.42. The van der Waals surface area contributed by atoms with Gasteiger partial charge in [0.15, 0.2) is 0 Å². The molecule has 0 radical (unpaired) electrons. The Kier molecular flexibility index (Phi) is 6.46. The van der Waals surface area contributed by atoms with E-state index in [2.05, 4.69) is 17.2 Å². The number of ether oxygens (including phenoxy) is 1. The van der Waals surface area contributed by atoms with Crippen LogP contribution in [0.3, 0.4) is 0 Å². The van der Waals surface area contributed by atoms with Crippen molar-refractivity contribution in [3.05, 3.63) is 36.4 Å². The van der Waals surface area contributed by atoms with Crippen LogP contribution in [-0.4, -0.2) is 32.7 Å². The van der Waals surface area contributed by atoms with Gasteiger partial charge in [0.05, 0.1) is 24.6 Å². The Morgan fingerprint density at radius 2 is 2.26 bits per heavy atom. The summed E-state index contributed by atoms with van der Waals surface area (Å²) in [6.07, 6.45) is 2.67. The predicted molar refractivity (Wildman–Crippen MR) is 78.4 cm³/mol.